The quantitative estimate of drug-likeness (QED) is 0.831. The van der Waals surface area contributed by atoms with Gasteiger partial charge in [-0.05, 0) is 25.0 Å². The summed E-state index contributed by atoms with van der Waals surface area (Å²) in [6, 6.07) is 18.7. The van der Waals surface area contributed by atoms with E-state index in [-0.39, 0.29) is 6.04 Å². The third-order valence-corrected chi connectivity index (χ3v) is 3.37. The van der Waals surface area contributed by atoms with Crippen LogP contribution in [-0.4, -0.2) is 4.99 Å². The van der Waals surface area contributed by atoms with Crippen LogP contribution in [-0.2, 0) is 0 Å². The zero-order valence-corrected chi connectivity index (χ0v) is 11.5. The van der Waals surface area contributed by atoms with E-state index in [4.69, 9.17) is 12.2 Å². The maximum Gasteiger partial charge on any atom is 0.107 e. The van der Waals surface area contributed by atoms with E-state index in [1.807, 2.05) is 30.3 Å². The molecule has 2 heteroatoms. The van der Waals surface area contributed by atoms with Crippen molar-refractivity contribution in [3.05, 3.63) is 71.3 Å². The lowest BCUT2D eigenvalue weighted by Gasteiger charge is -2.17. The molecule has 2 rings (SSSR count). The van der Waals surface area contributed by atoms with Crippen LogP contribution in [0.15, 0.2) is 54.6 Å². The molecule has 0 aliphatic carbocycles. The highest BCUT2D eigenvalue weighted by Gasteiger charge is 2.09. The Hall–Kier alpha value is -1.67. The van der Waals surface area contributed by atoms with Gasteiger partial charge >= 0.3 is 0 Å². The van der Waals surface area contributed by atoms with Crippen molar-refractivity contribution >= 4 is 17.2 Å². The van der Waals surface area contributed by atoms with E-state index in [2.05, 4.69) is 43.4 Å². The molecule has 0 aromatic heterocycles. The van der Waals surface area contributed by atoms with Gasteiger partial charge in [-0.25, -0.2) is 0 Å². The Labute approximate surface area is 114 Å². The minimum atomic E-state index is 0.221. The summed E-state index contributed by atoms with van der Waals surface area (Å²) in [7, 11) is 0. The third-order valence-electron chi connectivity index (χ3n) is 3.04. The van der Waals surface area contributed by atoms with Crippen molar-refractivity contribution in [3.8, 4) is 0 Å². The second kappa shape index (κ2) is 5.78. The minimum absolute atomic E-state index is 0.221. The number of hydrogen-bond donors (Lipinski definition) is 1. The predicted molar refractivity (Wildman–Crippen MR) is 80.9 cm³/mol. The van der Waals surface area contributed by atoms with E-state index in [1.165, 1.54) is 11.1 Å². The van der Waals surface area contributed by atoms with Gasteiger partial charge in [0.15, 0.2) is 0 Å². The molecule has 1 N–H and O–H groups in total. The lowest BCUT2D eigenvalue weighted by atomic mass is 10.1. The first-order valence-electron chi connectivity index (χ1n) is 6.10. The zero-order chi connectivity index (χ0) is 13.0. The van der Waals surface area contributed by atoms with Gasteiger partial charge in [-0.1, -0.05) is 66.8 Å². The van der Waals surface area contributed by atoms with Gasteiger partial charge in [-0.15, -0.1) is 0 Å². The standard InChI is InChI=1S/C16H17NS/c1-12-8-6-7-11-15(12)16(18)17-13(2)14-9-4-3-5-10-14/h3-11,13H,1-2H3,(H,17,18). The molecule has 0 saturated carbocycles. The molecule has 0 saturated heterocycles. The normalized spacial score (nSPS) is 11.9. The summed E-state index contributed by atoms with van der Waals surface area (Å²) < 4.78 is 0. The number of nitrogens with one attached hydrogen (secondary N) is 1. The van der Waals surface area contributed by atoms with Crippen LogP contribution in [0.4, 0.5) is 0 Å². The molecular formula is C16H17NS. The molecule has 1 atom stereocenters. The largest absolute Gasteiger partial charge is 0.369 e. The maximum atomic E-state index is 5.47. The van der Waals surface area contributed by atoms with Gasteiger partial charge in [-0.2, -0.15) is 0 Å². The Balaban J connectivity index is 2.11. The van der Waals surface area contributed by atoms with Crippen LogP contribution in [0.2, 0.25) is 0 Å². The summed E-state index contributed by atoms with van der Waals surface area (Å²) in [5.74, 6) is 0. The Morgan fingerprint density at radius 3 is 2.28 bits per heavy atom. The number of thiocarbonyl (C=S) groups is 1. The molecule has 2 aromatic rings. The number of hydrogen-bond acceptors (Lipinski definition) is 1. The molecule has 1 unspecified atom stereocenters. The topological polar surface area (TPSA) is 12.0 Å². The van der Waals surface area contributed by atoms with E-state index in [0.717, 1.165) is 10.6 Å². The van der Waals surface area contributed by atoms with Crippen LogP contribution < -0.4 is 5.32 Å². The number of aryl methyl sites for hydroxylation is 1. The molecule has 0 radical (unpaired) electrons. The fraction of sp³-hybridized carbons (Fsp3) is 0.188. The fourth-order valence-corrected chi connectivity index (χ4v) is 2.33. The predicted octanol–water partition coefficient (Wildman–Crippen LogP) is 4.02. The smallest absolute Gasteiger partial charge is 0.107 e. The Morgan fingerprint density at radius 1 is 1.00 bits per heavy atom. The van der Waals surface area contributed by atoms with Gasteiger partial charge in [0.2, 0.25) is 0 Å². The van der Waals surface area contributed by atoms with Crippen LogP contribution >= 0.6 is 12.2 Å². The van der Waals surface area contributed by atoms with Crippen molar-refractivity contribution in [2.45, 2.75) is 19.9 Å². The molecule has 0 amide bonds. The van der Waals surface area contributed by atoms with Crippen LogP contribution in [0.25, 0.3) is 0 Å². The molecule has 2 aromatic carbocycles. The van der Waals surface area contributed by atoms with Crippen LogP contribution in [0, 0.1) is 6.92 Å². The van der Waals surface area contributed by atoms with Crippen molar-refractivity contribution in [1.29, 1.82) is 0 Å². The zero-order valence-electron chi connectivity index (χ0n) is 10.7. The average Bonchev–Trinajstić information content (AvgIpc) is 2.40. The van der Waals surface area contributed by atoms with Gasteiger partial charge in [0.1, 0.15) is 4.99 Å². The molecule has 0 aliphatic rings. The molecule has 0 spiro atoms. The summed E-state index contributed by atoms with van der Waals surface area (Å²) in [5.41, 5.74) is 3.55. The van der Waals surface area contributed by atoms with Crippen LogP contribution in [0.5, 0.6) is 0 Å². The van der Waals surface area contributed by atoms with E-state index in [0.29, 0.717) is 0 Å². The molecule has 18 heavy (non-hydrogen) atoms. The van der Waals surface area contributed by atoms with Gasteiger partial charge < -0.3 is 5.32 Å². The van der Waals surface area contributed by atoms with Gasteiger partial charge in [0.05, 0.1) is 0 Å². The Kier molecular flexibility index (Phi) is 4.11. The first-order valence-corrected chi connectivity index (χ1v) is 6.51. The molecule has 1 nitrogen and oxygen atoms in total. The van der Waals surface area contributed by atoms with Crippen molar-refractivity contribution in [2.24, 2.45) is 0 Å². The van der Waals surface area contributed by atoms with Gasteiger partial charge in [-0.3, -0.25) is 0 Å². The van der Waals surface area contributed by atoms with E-state index in [1.54, 1.807) is 0 Å². The molecule has 92 valence electrons. The van der Waals surface area contributed by atoms with E-state index >= 15 is 0 Å². The van der Waals surface area contributed by atoms with Crippen molar-refractivity contribution in [3.63, 3.8) is 0 Å². The van der Waals surface area contributed by atoms with Crippen molar-refractivity contribution < 1.29 is 0 Å². The van der Waals surface area contributed by atoms with Crippen LogP contribution in [0.3, 0.4) is 0 Å². The summed E-state index contributed by atoms with van der Waals surface area (Å²) in [4.78, 5) is 0.810. The van der Waals surface area contributed by atoms with Gasteiger partial charge in [0, 0.05) is 11.6 Å². The molecule has 0 aliphatic heterocycles. The highest BCUT2D eigenvalue weighted by Crippen LogP contribution is 2.14. The molecule has 0 bridgehead atoms. The second-order valence-electron chi connectivity index (χ2n) is 4.42. The third kappa shape index (κ3) is 2.96. The Morgan fingerprint density at radius 2 is 1.61 bits per heavy atom. The highest BCUT2D eigenvalue weighted by atomic mass is 32.1. The molecule has 0 heterocycles. The summed E-state index contributed by atoms with van der Waals surface area (Å²) in [6.45, 7) is 4.20. The maximum absolute atomic E-state index is 5.47. The second-order valence-corrected chi connectivity index (χ2v) is 4.83. The lowest BCUT2D eigenvalue weighted by molar-refractivity contribution is 0.724. The van der Waals surface area contributed by atoms with Crippen molar-refractivity contribution in [1.82, 2.24) is 5.32 Å². The lowest BCUT2D eigenvalue weighted by Crippen LogP contribution is -2.26. The average molecular weight is 255 g/mol. The highest BCUT2D eigenvalue weighted by molar-refractivity contribution is 7.80. The van der Waals surface area contributed by atoms with E-state index < -0.39 is 0 Å². The van der Waals surface area contributed by atoms with Gasteiger partial charge in [0.25, 0.3) is 0 Å². The molecule has 0 fully saturated rings. The van der Waals surface area contributed by atoms with Crippen LogP contribution in [0.1, 0.15) is 29.7 Å². The monoisotopic (exact) mass is 255 g/mol. The Bertz CT molecular complexity index is 534. The van der Waals surface area contributed by atoms with E-state index in [9.17, 15) is 0 Å². The minimum Gasteiger partial charge on any atom is -0.369 e. The number of benzene rings is 2. The summed E-state index contributed by atoms with van der Waals surface area (Å²) in [6.07, 6.45) is 0. The SMILES string of the molecule is Cc1ccccc1C(=S)NC(C)c1ccccc1. The molecular weight excluding hydrogens is 238 g/mol. The number of rotatable bonds is 3. The fourth-order valence-electron chi connectivity index (χ4n) is 1.93. The summed E-state index contributed by atoms with van der Waals surface area (Å²) >= 11 is 5.47. The van der Waals surface area contributed by atoms with Crippen molar-refractivity contribution in [2.75, 3.05) is 0 Å². The first kappa shape index (κ1) is 12.8. The summed E-state index contributed by atoms with van der Waals surface area (Å²) in [5, 5.41) is 3.38. The first-order chi connectivity index (χ1) is 8.68.